The molecule has 0 N–H and O–H groups in total. The third-order valence-corrected chi connectivity index (χ3v) is 3.21. The quantitative estimate of drug-likeness (QED) is 0.726. The van der Waals surface area contributed by atoms with Gasteiger partial charge in [-0.3, -0.25) is 0 Å². The molecular formula is C17H16N2O2. The highest BCUT2D eigenvalue weighted by Gasteiger charge is 2.09. The molecule has 0 atom stereocenters. The van der Waals surface area contributed by atoms with E-state index in [2.05, 4.69) is 10.2 Å². The Morgan fingerprint density at radius 3 is 2.48 bits per heavy atom. The molecule has 3 aromatic rings. The van der Waals surface area contributed by atoms with Crippen molar-refractivity contribution in [3.63, 3.8) is 0 Å². The van der Waals surface area contributed by atoms with Gasteiger partial charge in [0, 0.05) is 5.56 Å². The van der Waals surface area contributed by atoms with Crippen LogP contribution in [0.25, 0.3) is 11.5 Å². The summed E-state index contributed by atoms with van der Waals surface area (Å²) in [6, 6.07) is 15.8. The molecule has 0 saturated carbocycles. The fourth-order valence-electron chi connectivity index (χ4n) is 1.98. The Bertz CT molecular complexity index is 733. The summed E-state index contributed by atoms with van der Waals surface area (Å²) in [4.78, 5) is 0. The fraction of sp³-hybridized carbons (Fsp3) is 0.176. The van der Waals surface area contributed by atoms with Crippen molar-refractivity contribution in [2.24, 2.45) is 0 Å². The Labute approximate surface area is 123 Å². The van der Waals surface area contributed by atoms with Gasteiger partial charge in [-0.1, -0.05) is 35.9 Å². The number of aryl methyl sites for hydroxylation is 2. The molecule has 4 heteroatoms. The van der Waals surface area contributed by atoms with Crippen molar-refractivity contribution in [3.8, 4) is 17.2 Å². The lowest BCUT2D eigenvalue weighted by Gasteiger charge is -2.05. The van der Waals surface area contributed by atoms with Crippen LogP contribution in [-0.4, -0.2) is 10.2 Å². The van der Waals surface area contributed by atoms with Crippen molar-refractivity contribution in [1.82, 2.24) is 10.2 Å². The van der Waals surface area contributed by atoms with Gasteiger partial charge in [-0.25, -0.2) is 0 Å². The molecule has 106 valence electrons. The molecule has 0 aliphatic heterocycles. The van der Waals surface area contributed by atoms with Crippen LogP contribution in [0.15, 0.2) is 52.9 Å². The molecule has 0 radical (unpaired) electrons. The van der Waals surface area contributed by atoms with Crippen LogP contribution < -0.4 is 4.74 Å². The summed E-state index contributed by atoms with van der Waals surface area (Å²) in [5, 5.41) is 8.07. The van der Waals surface area contributed by atoms with E-state index in [9.17, 15) is 0 Å². The number of hydrogen-bond acceptors (Lipinski definition) is 4. The van der Waals surface area contributed by atoms with E-state index in [1.165, 1.54) is 5.56 Å². The van der Waals surface area contributed by atoms with Gasteiger partial charge < -0.3 is 9.15 Å². The molecule has 0 aliphatic rings. The third-order valence-electron chi connectivity index (χ3n) is 3.21. The molecule has 0 amide bonds. The summed E-state index contributed by atoms with van der Waals surface area (Å²) in [7, 11) is 0. The SMILES string of the molecule is Cc1ccc(-c2nnc(COc3ccccc3C)o2)cc1. The van der Waals surface area contributed by atoms with Crippen molar-refractivity contribution < 1.29 is 9.15 Å². The minimum Gasteiger partial charge on any atom is -0.484 e. The number of hydrogen-bond donors (Lipinski definition) is 0. The topological polar surface area (TPSA) is 48.2 Å². The van der Waals surface area contributed by atoms with Crippen molar-refractivity contribution in [2.75, 3.05) is 0 Å². The first-order valence-electron chi connectivity index (χ1n) is 6.80. The Hall–Kier alpha value is -2.62. The van der Waals surface area contributed by atoms with Crippen LogP contribution in [0.3, 0.4) is 0 Å². The summed E-state index contributed by atoms with van der Waals surface area (Å²) in [6.07, 6.45) is 0. The second kappa shape index (κ2) is 5.79. The van der Waals surface area contributed by atoms with Gasteiger partial charge in [0.05, 0.1) is 0 Å². The molecule has 2 aromatic carbocycles. The molecule has 21 heavy (non-hydrogen) atoms. The van der Waals surface area contributed by atoms with Crippen LogP contribution in [0.4, 0.5) is 0 Å². The summed E-state index contributed by atoms with van der Waals surface area (Å²) in [5.41, 5.74) is 3.19. The standard InChI is InChI=1S/C17H16N2O2/c1-12-7-9-14(10-8-12)17-19-18-16(21-17)11-20-15-6-4-3-5-13(15)2/h3-10H,11H2,1-2H3. The molecule has 0 spiro atoms. The largest absolute Gasteiger partial charge is 0.484 e. The number of para-hydroxylation sites is 1. The van der Waals surface area contributed by atoms with Gasteiger partial charge in [-0.15, -0.1) is 10.2 Å². The minimum absolute atomic E-state index is 0.268. The van der Waals surface area contributed by atoms with Gasteiger partial charge in [0.2, 0.25) is 5.89 Å². The van der Waals surface area contributed by atoms with E-state index in [-0.39, 0.29) is 6.61 Å². The average molecular weight is 280 g/mol. The second-order valence-corrected chi connectivity index (χ2v) is 4.92. The van der Waals surface area contributed by atoms with Gasteiger partial charge in [0.1, 0.15) is 5.75 Å². The van der Waals surface area contributed by atoms with Gasteiger partial charge in [-0.05, 0) is 37.6 Å². The number of aromatic nitrogens is 2. The molecule has 1 aromatic heterocycles. The zero-order valence-electron chi connectivity index (χ0n) is 12.0. The van der Waals surface area contributed by atoms with Crippen molar-refractivity contribution in [3.05, 3.63) is 65.5 Å². The first-order valence-corrected chi connectivity index (χ1v) is 6.80. The Kier molecular flexibility index (Phi) is 3.69. The molecule has 0 unspecified atom stereocenters. The van der Waals surface area contributed by atoms with Crippen molar-refractivity contribution in [1.29, 1.82) is 0 Å². The molecule has 4 nitrogen and oxygen atoms in total. The van der Waals surface area contributed by atoms with E-state index >= 15 is 0 Å². The third kappa shape index (κ3) is 3.11. The van der Waals surface area contributed by atoms with Crippen LogP contribution >= 0.6 is 0 Å². The van der Waals surface area contributed by atoms with Gasteiger partial charge in [0.25, 0.3) is 5.89 Å². The van der Waals surface area contributed by atoms with Gasteiger partial charge >= 0.3 is 0 Å². The maximum Gasteiger partial charge on any atom is 0.254 e. The predicted octanol–water partition coefficient (Wildman–Crippen LogP) is 3.93. The molecule has 3 rings (SSSR count). The summed E-state index contributed by atoms with van der Waals surface area (Å²) < 4.78 is 11.3. The highest BCUT2D eigenvalue weighted by atomic mass is 16.5. The molecule has 0 fully saturated rings. The highest BCUT2D eigenvalue weighted by molar-refractivity contribution is 5.52. The van der Waals surface area contributed by atoms with Crippen LogP contribution in [0.5, 0.6) is 5.75 Å². The van der Waals surface area contributed by atoms with E-state index < -0.39 is 0 Å². The lowest BCUT2D eigenvalue weighted by Crippen LogP contribution is -1.97. The van der Waals surface area contributed by atoms with Crippen molar-refractivity contribution in [2.45, 2.75) is 20.5 Å². The normalized spacial score (nSPS) is 10.6. The zero-order chi connectivity index (χ0) is 14.7. The Morgan fingerprint density at radius 2 is 1.71 bits per heavy atom. The molecule has 0 bridgehead atoms. The zero-order valence-corrected chi connectivity index (χ0v) is 12.0. The predicted molar refractivity (Wildman–Crippen MR) is 80.0 cm³/mol. The lowest BCUT2D eigenvalue weighted by molar-refractivity contribution is 0.263. The maximum absolute atomic E-state index is 5.69. The lowest BCUT2D eigenvalue weighted by atomic mass is 10.1. The monoisotopic (exact) mass is 280 g/mol. The van der Waals surface area contributed by atoms with E-state index in [1.807, 2.05) is 62.4 Å². The van der Waals surface area contributed by atoms with Crippen LogP contribution in [0.1, 0.15) is 17.0 Å². The van der Waals surface area contributed by atoms with E-state index in [0.29, 0.717) is 11.8 Å². The van der Waals surface area contributed by atoms with E-state index in [1.54, 1.807) is 0 Å². The molecule has 0 aliphatic carbocycles. The Balaban J connectivity index is 1.71. The molecule has 0 saturated heterocycles. The highest BCUT2D eigenvalue weighted by Crippen LogP contribution is 2.20. The second-order valence-electron chi connectivity index (χ2n) is 4.92. The first-order chi connectivity index (χ1) is 10.2. The maximum atomic E-state index is 5.69. The van der Waals surface area contributed by atoms with Gasteiger partial charge in [0.15, 0.2) is 6.61 Å². The first kappa shape index (κ1) is 13.4. The van der Waals surface area contributed by atoms with Gasteiger partial charge in [-0.2, -0.15) is 0 Å². The van der Waals surface area contributed by atoms with Crippen LogP contribution in [0.2, 0.25) is 0 Å². The van der Waals surface area contributed by atoms with E-state index in [4.69, 9.17) is 9.15 Å². The number of ether oxygens (including phenoxy) is 1. The Morgan fingerprint density at radius 1 is 0.952 bits per heavy atom. The number of benzene rings is 2. The summed E-state index contributed by atoms with van der Waals surface area (Å²) >= 11 is 0. The van der Waals surface area contributed by atoms with Crippen LogP contribution in [-0.2, 0) is 6.61 Å². The minimum atomic E-state index is 0.268. The fourth-order valence-corrected chi connectivity index (χ4v) is 1.98. The van der Waals surface area contributed by atoms with Crippen molar-refractivity contribution >= 4 is 0 Å². The van der Waals surface area contributed by atoms with Crippen LogP contribution in [0, 0.1) is 13.8 Å². The smallest absolute Gasteiger partial charge is 0.254 e. The number of rotatable bonds is 4. The van der Waals surface area contributed by atoms with E-state index in [0.717, 1.165) is 16.9 Å². The number of nitrogens with zero attached hydrogens (tertiary/aromatic N) is 2. The molecular weight excluding hydrogens is 264 g/mol. The average Bonchev–Trinajstić information content (AvgIpc) is 2.96. The summed E-state index contributed by atoms with van der Waals surface area (Å²) in [6.45, 7) is 4.31. The molecule has 1 heterocycles. The summed E-state index contributed by atoms with van der Waals surface area (Å²) in [5.74, 6) is 1.81.